The fraction of sp³-hybridized carbons (Fsp3) is 0.130. The fourth-order valence-electron chi connectivity index (χ4n) is 3.10. The summed E-state index contributed by atoms with van der Waals surface area (Å²) >= 11 is 0. The van der Waals surface area contributed by atoms with Gasteiger partial charge in [-0.3, -0.25) is 13.9 Å². The minimum Gasteiger partial charge on any atom is -0.321 e. The molecular formula is C23H22N2O4S. The van der Waals surface area contributed by atoms with Crippen molar-refractivity contribution in [2.24, 2.45) is 0 Å². The maximum atomic E-state index is 13.2. The van der Waals surface area contributed by atoms with Crippen LogP contribution in [0, 0.1) is 0 Å². The molecule has 1 N–H and O–H groups in total. The van der Waals surface area contributed by atoms with E-state index in [1.807, 2.05) is 6.07 Å². The normalized spacial score (nSPS) is 11.0. The van der Waals surface area contributed by atoms with E-state index in [9.17, 15) is 18.0 Å². The number of carbonyl (C=O) groups is 2. The molecule has 154 valence electrons. The Morgan fingerprint density at radius 1 is 0.900 bits per heavy atom. The third-order valence-corrected chi connectivity index (χ3v) is 6.47. The average molecular weight is 423 g/mol. The molecule has 0 spiro atoms. The van der Waals surface area contributed by atoms with E-state index in [0.29, 0.717) is 16.9 Å². The summed E-state index contributed by atoms with van der Waals surface area (Å²) in [7, 11) is -3.86. The van der Waals surface area contributed by atoms with Gasteiger partial charge in [0.05, 0.1) is 16.3 Å². The van der Waals surface area contributed by atoms with Crippen LogP contribution in [-0.2, 0) is 10.0 Å². The molecule has 0 radical (unpaired) electrons. The number of anilines is 2. The highest BCUT2D eigenvalue weighted by molar-refractivity contribution is 7.92. The van der Waals surface area contributed by atoms with E-state index in [1.54, 1.807) is 55.5 Å². The molecule has 0 bridgehead atoms. The van der Waals surface area contributed by atoms with Crippen LogP contribution >= 0.6 is 0 Å². The Morgan fingerprint density at radius 2 is 1.57 bits per heavy atom. The first kappa shape index (κ1) is 21.3. The van der Waals surface area contributed by atoms with Crippen molar-refractivity contribution in [3.05, 3.63) is 90.0 Å². The van der Waals surface area contributed by atoms with E-state index in [0.717, 1.165) is 0 Å². The number of sulfonamides is 1. The lowest BCUT2D eigenvalue weighted by Crippen LogP contribution is -2.31. The van der Waals surface area contributed by atoms with Gasteiger partial charge in [-0.05, 0) is 56.3 Å². The van der Waals surface area contributed by atoms with E-state index in [-0.39, 0.29) is 22.8 Å². The number of ketones is 1. The third kappa shape index (κ3) is 4.41. The molecule has 6 nitrogen and oxygen atoms in total. The van der Waals surface area contributed by atoms with Crippen LogP contribution < -0.4 is 9.62 Å². The number of hydrogen-bond donors (Lipinski definition) is 1. The second-order valence-electron chi connectivity index (χ2n) is 6.59. The zero-order valence-corrected chi connectivity index (χ0v) is 17.5. The Balaban J connectivity index is 1.92. The van der Waals surface area contributed by atoms with Crippen molar-refractivity contribution in [3.8, 4) is 0 Å². The maximum Gasteiger partial charge on any atom is 0.264 e. The summed E-state index contributed by atoms with van der Waals surface area (Å²) in [5, 5.41) is 2.69. The van der Waals surface area contributed by atoms with Crippen molar-refractivity contribution in [3.63, 3.8) is 0 Å². The summed E-state index contributed by atoms with van der Waals surface area (Å²) in [6.45, 7) is 3.41. The second-order valence-corrected chi connectivity index (χ2v) is 8.45. The molecule has 0 atom stereocenters. The molecule has 0 aromatic heterocycles. The average Bonchev–Trinajstić information content (AvgIpc) is 2.75. The molecule has 3 aromatic carbocycles. The number of carbonyl (C=O) groups excluding carboxylic acids is 2. The van der Waals surface area contributed by atoms with Crippen LogP contribution in [0.3, 0.4) is 0 Å². The predicted molar refractivity (Wildman–Crippen MR) is 117 cm³/mol. The highest BCUT2D eigenvalue weighted by Crippen LogP contribution is 2.24. The first-order valence-corrected chi connectivity index (χ1v) is 10.9. The molecular weight excluding hydrogens is 400 g/mol. The molecule has 30 heavy (non-hydrogen) atoms. The molecule has 1 amide bonds. The summed E-state index contributed by atoms with van der Waals surface area (Å²) < 4.78 is 27.7. The summed E-state index contributed by atoms with van der Waals surface area (Å²) in [6.07, 6.45) is 0. The van der Waals surface area contributed by atoms with Crippen molar-refractivity contribution >= 4 is 33.1 Å². The van der Waals surface area contributed by atoms with Crippen LogP contribution in [0.4, 0.5) is 11.4 Å². The van der Waals surface area contributed by atoms with Gasteiger partial charge in [0, 0.05) is 17.7 Å². The number of hydrogen-bond acceptors (Lipinski definition) is 4. The van der Waals surface area contributed by atoms with E-state index in [4.69, 9.17) is 0 Å². The number of amides is 1. The molecule has 0 saturated heterocycles. The highest BCUT2D eigenvalue weighted by Gasteiger charge is 2.24. The molecule has 0 fully saturated rings. The minimum absolute atomic E-state index is 0.0145. The fourth-order valence-corrected chi connectivity index (χ4v) is 4.62. The van der Waals surface area contributed by atoms with Gasteiger partial charge in [0.1, 0.15) is 0 Å². The lowest BCUT2D eigenvalue weighted by Gasteiger charge is -2.23. The van der Waals surface area contributed by atoms with Crippen LogP contribution in [0.25, 0.3) is 0 Å². The summed E-state index contributed by atoms with van der Waals surface area (Å²) in [5.74, 6) is -0.674. The van der Waals surface area contributed by atoms with Gasteiger partial charge in [-0.25, -0.2) is 8.42 Å². The SMILES string of the molecule is CCN(c1ccccc1)S(=O)(=O)c1cccc(C(=O)Nc2ccccc2C(C)=O)c1. The zero-order chi connectivity index (χ0) is 21.7. The van der Waals surface area contributed by atoms with Gasteiger partial charge < -0.3 is 5.32 Å². The van der Waals surface area contributed by atoms with E-state index in [2.05, 4.69) is 5.32 Å². The van der Waals surface area contributed by atoms with Crippen molar-refractivity contribution in [1.29, 1.82) is 0 Å². The molecule has 0 aliphatic rings. The van der Waals surface area contributed by atoms with Gasteiger partial charge in [0.15, 0.2) is 5.78 Å². The largest absolute Gasteiger partial charge is 0.321 e. The molecule has 3 rings (SSSR count). The van der Waals surface area contributed by atoms with Crippen LogP contribution in [0.2, 0.25) is 0 Å². The first-order valence-electron chi connectivity index (χ1n) is 9.43. The third-order valence-electron chi connectivity index (χ3n) is 4.57. The molecule has 7 heteroatoms. The van der Waals surface area contributed by atoms with Gasteiger partial charge in [-0.1, -0.05) is 36.4 Å². The van der Waals surface area contributed by atoms with Crippen LogP contribution in [0.1, 0.15) is 34.6 Å². The van der Waals surface area contributed by atoms with Crippen molar-refractivity contribution in [2.75, 3.05) is 16.2 Å². The lowest BCUT2D eigenvalue weighted by molar-refractivity contribution is 0.101. The van der Waals surface area contributed by atoms with Crippen LogP contribution in [0.15, 0.2) is 83.8 Å². The van der Waals surface area contributed by atoms with Gasteiger partial charge in [-0.2, -0.15) is 0 Å². The predicted octanol–water partition coefficient (Wildman–Crippen LogP) is 4.36. The summed E-state index contributed by atoms with van der Waals surface area (Å²) in [5.41, 5.74) is 1.49. The van der Waals surface area contributed by atoms with Crippen LogP contribution in [-0.4, -0.2) is 26.7 Å². The number of para-hydroxylation sites is 2. The van der Waals surface area contributed by atoms with Gasteiger partial charge >= 0.3 is 0 Å². The second kappa shape index (κ2) is 8.92. The number of Topliss-reactive ketones (excluding diaryl/α,β-unsaturated/α-hetero) is 1. The molecule has 0 unspecified atom stereocenters. The summed E-state index contributed by atoms with van der Waals surface area (Å²) in [6, 6.07) is 21.3. The number of nitrogens with one attached hydrogen (secondary N) is 1. The smallest absolute Gasteiger partial charge is 0.264 e. The van der Waals surface area contributed by atoms with Crippen molar-refractivity contribution < 1.29 is 18.0 Å². The van der Waals surface area contributed by atoms with Gasteiger partial charge in [0.2, 0.25) is 0 Å². The van der Waals surface area contributed by atoms with Gasteiger partial charge in [-0.15, -0.1) is 0 Å². The topological polar surface area (TPSA) is 83.6 Å². The maximum absolute atomic E-state index is 13.2. The number of nitrogens with zero attached hydrogens (tertiary/aromatic N) is 1. The first-order chi connectivity index (χ1) is 14.3. The van der Waals surface area contributed by atoms with Crippen LogP contribution in [0.5, 0.6) is 0 Å². The standard InChI is InChI=1S/C23H22N2O4S/c1-3-25(19-11-5-4-6-12-19)30(28,29)20-13-9-10-18(16-20)23(27)24-22-15-8-7-14-21(22)17(2)26/h4-16H,3H2,1-2H3,(H,24,27). The van der Waals surface area contributed by atoms with E-state index < -0.39 is 15.9 Å². The van der Waals surface area contributed by atoms with Crippen molar-refractivity contribution in [2.45, 2.75) is 18.7 Å². The Morgan fingerprint density at radius 3 is 2.23 bits per heavy atom. The Bertz CT molecular complexity index is 1170. The highest BCUT2D eigenvalue weighted by atomic mass is 32.2. The van der Waals surface area contributed by atoms with E-state index >= 15 is 0 Å². The molecule has 0 aliphatic carbocycles. The Labute approximate surface area is 176 Å². The quantitative estimate of drug-likeness (QED) is 0.574. The Kier molecular flexibility index (Phi) is 6.32. The summed E-state index contributed by atoms with van der Waals surface area (Å²) in [4.78, 5) is 24.5. The molecule has 0 saturated carbocycles. The minimum atomic E-state index is -3.86. The number of benzene rings is 3. The number of rotatable bonds is 7. The zero-order valence-electron chi connectivity index (χ0n) is 16.7. The monoisotopic (exact) mass is 422 g/mol. The van der Waals surface area contributed by atoms with E-state index in [1.165, 1.54) is 35.5 Å². The molecule has 3 aromatic rings. The molecule has 0 aliphatic heterocycles. The molecule has 0 heterocycles. The Hall–Kier alpha value is -3.45. The lowest BCUT2D eigenvalue weighted by atomic mass is 10.1. The van der Waals surface area contributed by atoms with Gasteiger partial charge in [0.25, 0.3) is 15.9 Å². The van der Waals surface area contributed by atoms with Crippen molar-refractivity contribution in [1.82, 2.24) is 0 Å².